The van der Waals surface area contributed by atoms with E-state index in [0.29, 0.717) is 11.4 Å². The fourth-order valence-electron chi connectivity index (χ4n) is 2.64. The molecule has 0 atom stereocenters. The molecule has 0 heterocycles. The fourth-order valence-corrected chi connectivity index (χ4v) is 3.83. The van der Waals surface area contributed by atoms with Gasteiger partial charge < -0.3 is 10.1 Å². The molecule has 156 valence electrons. The number of carbonyl (C=O) groups excluding carboxylic acids is 1. The zero-order valence-electron chi connectivity index (χ0n) is 15.8. The van der Waals surface area contributed by atoms with Crippen molar-refractivity contribution in [3.63, 3.8) is 0 Å². The number of amides is 1. The first-order chi connectivity index (χ1) is 14.3. The van der Waals surface area contributed by atoms with Crippen molar-refractivity contribution in [2.75, 3.05) is 16.7 Å². The number of nitrogens with zero attached hydrogens (tertiary/aromatic N) is 1. The van der Waals surface area contributed by atoms with Gasteiger partial charge in [-0.2, -0.15) is 8.78 Å². The smallest absolute Gasteiger partial charge is 0.387 e. The molecule has 0 fully saturated rings. The van der Waals surface area contributed by atoms with Crippen LogP contribution in [-0.2, 0) is 10.0 Å². The molecule has 9 heteroatoms. The van der Waals surface area contributed by atoms with E-state index in [2.05, 4.69) is 10.1 Å². The monoisotopic (exact) mass is 432 g/mol. The van der Waals surface area contributed by atoms with E-state index >= 15 is 0 Å². The van der Waals surface area contributed by atoms with Crippen LogP contribution in [0.1, 0.15) is 10.4 Å². The summed E-state index contributed by atoms with van der Waals surface area (Å²) in [7, 11) is -2.33. The lowest BCUT2D eigenvalue weighted by molar-refractivity contribution is -0.0498. The molecular weight excluding hydrogens is 414 g/mol. The van der Waals surface area contributed by atoms with Crippen molar-refractivity contribution in [1.29, 1.82) is 0 Å². The Labute approximate surface area is 172 Å². The van der Waals surface area contributed by atoms with Crippen LogP contribution in [0.2, 0.25) is 0 Å². The van der Waals surface area contributed by atoms with E-state index in [9.17, 15) is 22.0 Å². The van der Waals surface area contributed by atoms with Crippen LogP contribution < -0.4 is 14.4 Å². The fraction of sp³-hybridized carbons (Fsp3) is 0.0952. The number of para-hydroxylation sites is 1. The summed E-state index contributed by atoms with van der Waals surface area (Å²) in [5, 5.41) is 2.60. The molecule has 1 amide bonds. The maximum absolute atomic E-state index is 12.8. The second kappa shape index (κ2) is 8.91. The molecule has 0 aromatic heterocycles. The number of benzene rings is 3. The molecule has 30 heavy (non-hydrogen) atoms. The molecular formula is C21H18F2N2O4S. The second-order valence-corrected chi connectivity index (χ2v) is 8.16. The number of ether oxygens (including phenoxy) is 1. The third-order valence-electron chi connectivity index (χ3n) is 4.23. The summed E-state index contributed by atoms with van der Waals surface area (Å²) in [4.78, 5) is 12.4. The molecule has 0 aliphatic carbocycles. The maximum atomic E-state index is 12.8. The highest BCUT2D eigenvalue weighted by atomic mass is 32.2. The van der Waals surface area contributed by atoms with E-state index in [-0.39, 0.29) is 16.2 Å². The van der Waals surface area contributed by atoms with Crippen LogP contribution in [0.3, 0.4) is 0 Å². The molecule has 6 nitrogen and oxygen atoms in total. The van der Waals surface area contributed by atoms with Crippen LogP contribution >= 0.6 is 0 Å². The first-order valence-electron chi connectivity index (χ1n) is 8.77. The number of alkyl halides is 2. The van der Waals surface area contributed by atoms with E-state index in [1.165, 1.54) is 55.6 Å². The third kappa shape index (κ3) is 4.93. The topological polar surface area (TPSA) is 75.7 Å². The van der Waals surface area contributed by atoms with Crippen molar-refractivity contribution in [3.05, 3.63) is 84.4 Å². The van der Waals surface area contributed by atoms with Crippen molar-refractivity contribution < 1.29 is 26.7 Å². The largest absolute Gasteiger partial charge is 0.435 e. The second-order valence-electron chi connectivity index (χ2n) is 6.19. The standard InChI is InChI=1S/C21H18F2N2O4S/c1-25(17-5-3-2-4-6-17)30(27,28)19-13-7-15(8-14-19)20(26)24-16-9-11-18(12-10-16)29-21(22)23/h2-14,21H,1H3,(H,24,26). The molecule has 1 N–H and O–H groups in total. The Morgan fingerprint density at radius 3 is 2.10 bits per heavy atom. The van der Waals surface area contributed by atoms with E-state index < -0.39 is 22.5 Å². The summed E-state index contributed by atoms with van der Waals surface area (Å²) in [5.41, 5.74) is 1.13. The van der Waals surface area contributed by atoms with Gasteiger partial charge in [-0.1, -0.05) is 18.2 Å². The summed E-state index contributed by atoms with van der Waals surface area (Å²) < 4.78 is 55.3. The number of nitrogens with one attached hydrogen (secondary N) is 1. The minimum Gasteiger partial charge on any atom is -0.435 e. The first-order valence-corrected chi connectivity index (χ1v) is 10.2. The highest BCUT2D eigenvalue weighted by Crippen LogP contribution is 2.22. The molecule has 0 bridgehead atoms. The van der Waals surface area contributed by atoms with Crippen LogP contribution in [0, 0.1) is 0 Å². The van der Waals surface area contributed by atoms with Gasteiger partial charge in [-0.15, -0.1) is 0 Å². The summed E-state index contributed by atoms with van der Waals surface area (Å²) in [5.74, 6) is -0.502. The van der Waals surface area contributed by atoms with E-state index in [4.69, 9.17) is 0 Å². The minimum absolute atomic E-state index is 0.0277. The van der Waals surface area contributed by atoms with E-state index in [1.807, 2.05) is 0 Å². The van der Waals surface area contributed by atoms with Gasteiger partial charge in [0.05, 0.1) is 10.6 Å². The molecule has 0 spiro atoms. The Kier molecular flexibility index (Phi) is 6.31. The highest BCUT2D eigenvalue weighted by Gasteiger charge is 2.21. The molecule has 3 aromatic carbocycles. The zero-order valence-corrected chi connectivity index (χ0v) is 16.6. The third-order valence-corrected chi connectivity index (χ3v) is 6.03. The summed E-state index contributed by atoms with van der Waals surface area (Å²) >= 11 is 0. The van der Waals surface area contributed by atoms with E-state index in [0.717, 1.165) is 4.31 Å². The maximum Gasteiger partial charge on any atom is 0.387 e. The quantitative estimate of drug-likeness (QED) is 0.602. The Hall–Kier alpha value is -3.46. The van der Waals surface area contributed by atoms with Crippen LogP contribution in [0.15, 0.2) is 83.8 Å². The van der Waals surface area contributed by atoms with Gasteiger partial charge >= 0.3 is 6.61 Å². The predicted molar refractivity (Wildman–Crippen MR) is 110 cm³/mol. The number of rotatable bonds is 7. The average Bonchev–Trinajstić information content (AvgIpc) is 2.75. The highest BCUT2D eigenvalue weighted by molar-refractivity contribution is 7.92. The van der Waals surface area contributed by atoms with Gasteiger partial charge in [0.2, 0.25) is 0 Å². The van der Waals surface area contributed by atoms with Crippen LogP contribution in [0.5, 0.6) is 5.75 Å². The number of carbonyl (C=O) groups is 1. The number of hydrogen-bond acceptors (Lipinski definition) is 4. The van der Waals surface area contributed by atoms with Gasteiger partial charge in [0.15, 0.2) is 0 Å². The summed E-state index contributed by atoms with van der Waals surface area (Å²) in [6.45, 7) is -2.93. The minimum atomic E-state index is -3.78. The molecule has 0 aliphatic rings. The molecule has 0 aliphatic heterocycles. The normalized spacial score (nSPS) is 11.2. The molecule has 3 rings (SSSR count). The Morgan fingerprint density at radius 1 is 0.933 bits per heavy atom. The van der Waals surface area contributed by atoms with E-state index in [1.54, 1.807) is 30.3 Å². The number of hydrogen-bond donors (Lipinski definition) is 1. The summed E-state index contributed by atoms with van der Waals surface area (Å²) in [6.07, 6.45) is 0. The Balaban J connectivity index is 1.71. The van der Waals surface area contributed by atoms with Crippen LogP contribution in [0.4, 0.5) is 20.2 Å². The van der Waals surface area contributed by atoms with Crippen molar-refractivity contribution >= 4 is 27.3 Å². The van der Waals surface area contributed by atoms with Gasteiger partial charge in [0.1, 0.15) is 5.75 Å². The molecule has 0 unspecified atom stereocenters. The molecule has 0 saturated carbocycles. The summed E-state index contributed by atoms with van der Waals surface area (Å²) in [6, 6.07) is 19.6. The predicted octanol–water partition coefficient (Wildman–Crippen LogP) is 4.37. The van der Waals surface area contributed by atoms with Crippen molar-refractivity contribution in [1.82, 2.24) is 0 Å². The number of halogens is 2. The average molecular weight is 432 g/mol. The van der Waals surface area contributed by atoms with Crippen LogP contribution in [-0.4, -0.2) is 28.0 Å². The lowest BCUT2D eigenvalue weighted by Crippen LogP contribution is -2.26. The first kappa shape index (κ1) is 21.3. The van der Waals surface area contributed by atoms with Gasteiger partial charge in [0.25, 0.3) is 15.9 Å². The van der Waals surface area contributed by atoms with Gasteiger partial charge in [-0.05, 0) is 60.7 Å². The van der Waals surface area contributed by atoms with Gasteiger partial charge in [0, 0.05) is 18.3 Å². The molecule has 3 aromatic rings. The Morgan fingerprint density at radius 2 is 1.53 bits per heavy atom. The number of sulfonamides is 1. The van der Waals surface area contributed by atoms with Crippen molar-refractivity contribution in [2.45, 2.75) is 11.5 Å². The SMILES string of the molecule is CN(c1ccccc1)S(=O)(=O)c1ccc(C(=O)Nc2ccc(OC(F)F)cc2)cc1. The van der Waals surface area contributed by atoms with Gasteiger partial charge in [-0.3, -0.25) is 9.10 Å². The molecule has 0 saturated heterocycles. The van der Waals surface area contributed by atoms with Gasteiger partial charge in [-0.25, -0.2) is 8.42 Å². The Bertz CT molecular complexity index is 1100. The van der Waals surface area contributed by atoms with Crippen molar-refractivity contribution in [2.24, 2.45) is 0 Å². The van der Waals surface area contributed by atoms with Crippen LogP contribution in [0.25, 0.3) is 0 Å². The zero-order chi connectivity index (χ0) is 21.7. The lowest BCUT2D eigenvalue weighted by atomic mass is 10.2. The number of anilines is 2. The lowest BCUT2D eigenvalue weighted by Gasteiger charge is -2.19. The van der Waals surface area contributed by atoms with Crippen molar-refractivity contribution in [3.8, 4) is 5.75 Å². The molecule has 0 radical (unpaired) electrons.